The number of carbonyl (C=O) groups excluding carboxylic acids is 2. The molecule has 2 aromatic rings. The summed E-state index contributed by atoms with van der Waals surface area (Å²) in [5.74, 6) is -1.17. The lowest BCUT2D eigenvalue weighted by Gasteiger charge is -2.13. The van der Waals surface area contributed by atoms with E-state index in [1.165, 1.54) is 50.4 Å². The van der Waals surface area contributed by atoms with Gasteiger partial charge in [0.15, 0.2) is 6.10 Å². The number of esters is 1. The number of benzene rings is 2. The van der Waals surface area contributed by atoms with Crippen molar-refractivity contribution in [3.8, 4) is 0 Å². The largest absolute Gasteiger partial charge is 0.451 e. The molecule has 132 valence electrons. The second kappa shape index (κ2) is 7.77. The molecule has 2 rings (SSSR count). The van der Waals surface area contributed by atoms with Crippen molar-refractivity contribution >= 4 is 33.4 Å². The van der Waals surface area contributed by atoms with Crippen molar-refractivity contribution < 1.29 is 22.7 Å². The van der Waals surface area contributed by atoms with E-state index < -0.39 is 22.1 Å². The maximum absolute atomic E-state index is 12.3. The molecule has 2 aromatic carbocycles. The van der Waals surface area contributed by atoms with Crippen molar-refractivity contribution in [2.24, 2.45) is 0 Å². The zero-order valence-electron chi connectivity index (χ0n) is 13.5. The molecule has 0 saturated heterocycles. The predicted octanol–water partition coefficient (Wildman–Crippen LogP) is 2.68. The number of hydrogen-bond acceptors (Lipinski definition) is 5. The molecule has 0 radical (unpaired) electrons. The lowest BCUT2D eigenvalue weighted by molar-refractivity contribution is 0.0318. The molecule has 0 aromatic heterocycles. The second-order valence-electron chi connectivity index (χ2n) is 5.15. The van der Waals surface area contributed by atoms with Crippen molar-refractivity contribution in [2.75, 3.05) is 7.05 Å². The molecule has 0 heterocycles. The van der Waals surface area contributed by atoms with Crippen LogP contribution in [0, 0.1) is 0 Å². The number of hydrogen-bond donors (Lipinski definition) is 1. The fourth-order valence-corrected chi connectivity index (χ4v) is 2.94. The molecule has 0 bridgehead atoms. The number of ketones is 1. The highest BCUT2D eigenvalue weighted by Gasteiger charge is 2.21. The van der Waals surface area contributed by atoms with Crippen LogP contribution in [0.25, 0.3) is 0 Å². The molecule has 0 aliphatic carbocycles. The van der Waals surface area contributed by atoms with E-state index in [1.54, 1.807) is 12.1 Å². The van der Waals surface area contributed by atoms with Crippen molar-refractivity contribution in [2.45, 2.75) is 17.9 Å². The van der Waals surface area contributed by atoms with Crippen molar-refractivity contribution in [1.29, 1.82) is 0 Å². The summed E-state index contributed by atoms with van der Waals surface area (Å²) >= 11 is 5.77. The van der Waals surface area contributed by atoms with Crippen LogP contribution < -0.4 is 4.72 Å². The van der Waals surface area contributed by atoms with E-state index in [4.69, 9.17) is 16.3 Å². The highest BCUT2D eigenvalue weighted by Crippen LogP contribution is 2.15. The Hall–Kier alpha value is -2.22. The second-order valence-corrected chi connectivity index (χ2v) is 7.48. The van der Waals surface area contributed by atoms with E-state index in [1.807, 2.05) is 0 Å². The van der Waals surface area contributed by atoms with Gasteiger partial charge in [-0.2, -0.15) is 0 Å². The SMILES string of the molecule is CNS(=O)(=O)c1cccc(C(=O)O[C@@H](C)C(=O)c2ccc(Cl)cc2)c1. The smallest absolute Gasteiger partial charge is 0.338 e. The fourth-order valence-electron chi connectivity index (χ4n) is 2.04. The first-order chi connectivity index (χ1) is 11.7. The highest BCUT2D eigenvalue weighted by molar-refractivity contribution is 7.89. The summed E-state index contributed by atoms with van der Waals surface area (Å²) in [7, 11) is -2.41. The normalized spacial score (nSPS) is 12.4. The maximum atomic E-state index is 12.3. The number of nitrogens with one attached hydrogen (secondary N) is 1. The summed E-state index contributed by atoms with van der Waals surface area (Å²) < 4.78 is 30.9. The summed E-state index contributed by atoms with van der Waals surface area (Å²) in [5, 5.41) is 0.490. The van der Waals surface area contributed by atoms with Gasteiger partial charge in [-0.25, -0.2) is 17.9 Å². The van der Waals surface area contributed by atoms with Gasteiger partial charge in [-0.3, -0.25) is 4.79 Å². The molecule has 0 aliphatic heterocycles. The number of ether oxygens (including phenoxy) is 1. The van der Waals surface area contributed by atoms with Crippen LogP contribution in [0.5, 0.6) is 0 Å². The molecule has 0 amide bonds. The lowest BCUT2D eigenvalue weighted by Crippen LogP contribution is -2.25. The molecular weight excluding hydrogens is 366 g/mol. The first-order valence-corrected chi connectivity index (χ1v) is 9.15. The minimum atomic E-state index is -3.68. The van der Waals surface area contributed by atoms with Crippen LogP contribution in [-0.2, 0) is 14.8 Å². The van der Waals surface area contributed by atoms with Gasteiger partial charge in [0.05, 0.1) is 10.5 Å². The molecule has 25 heavy (non-hydrogen) atoms. The molecule has 1 N–H and O–H groups in total. The molecule has 0 saturated carbocycles. The first kappa shape index (κ1) is 19.1. The van der Waals surface area contributed by atoms with Crippen LogP contribution in [0.1, 0.15) is 27.6 Å². The van der Waals surface area contributed by atoms with E-state index in [0.717, 1.165) is 0 Å². The van der Waals surface area contributed by atoms with Gasteiger partial charge in [0.1, 0.15) is 0 Å². The van der Waals surface area contributed by atoms with Crippen LogP contribution in [0.15, 0.2) is 53.4 Å². The minimum Gasteiger partial charge on any atom is -0.451 e. The van der Waals surface area contributed by atoms with Crippen molar-refractivity contribution in [3.05, 3.63) is 64.7 Å². The fraction of sp³-hybridized carbons (Fsp3) is 0.176. The van der Waals surface area contributed by atoms with E-state index >= 15 is 0 Å². The van der Waals surface area contributed by atoms with Crippen LogP contribution in [0.3, 0.4) is 0 Å². The van der Waals surface area contributed by atoms with Crippen molar-refractivity contribution in [3.63, 3.8) is 0 Å². The predicted molar refractivity (Wildman–Crippen MR) is 93.3 cm³/mol. The van der Waals surface area contributed by atoms with Gasteiger partial charge >= 0.3 is 5.97 Å². The third-order valence-electron chi connectivity index (χ3n) is 3.43. The van der Waals surface area contributed by atoms with Crippen LogP contribution >= 0.6 is 11.6 Å². The summed E-state index contributed by atoms with van der Waals surface area (Å²) in [5.41, 5.74) is 0.392. The van der Waals surface area contributed by atoms with Crippen LogP contribution in [0.2, 0.25) is 5.02 Å². The summed E-state index contributed by atoms with van der Waals surface area (Å²) in [6.07, 6.45) is -1.03. The van der Waals surface area contributed by atoms with E-state index in [9.17, 15) is 18.0 Å². The summed E-state index contributed by atoms with van der Waals surface area (Å²) in [6, 6.07) is 11.6. The number of sulfonamides is 1. The Morgan fingerprint density at radius 3 is 2.32 bits per heavy atom. The Labute approximate surface area is 150 Å². The van der Waals surface area contributed by atoms with Gasteiger partial charge in [-0.1, -0.05) is 17.7 Å². The molecule has 0 aliphatic rings. The summed E-state index contributed by atoms with van der Waals surface area (Å²) in [6.45, 7) is 1.45. The van der Waals surface area contributed by atoms with E-state index in [-0.39, 0.29) is 16.2 Å². The quantitative estimate of drug-likeness (QED) is 0.613. The Bertz CT molecular complexity index is 894. The Balaban J connectivity index is 2.15. The zero-order valence-corrected chi connectivity index (χ0v) is 15.1. The average Bonchev–Trinajstić information content (AvgIpc) is 2.61. The zero-order chi connectivity index (χ0) is 18.6. The average molecular weight is 382 g/mol. The maximum Gasteiger partial charge on any atom is 0.338 e. The minimum absolute atomic E-state index is 0.0343. The monoisotopic (exact) mass is 381 g/mol. The van der Waals surface area contributed by atoms with E-state index in [2.05, 4.69) is 4.72 Å². The Morgan fingerprint density at radius 2 is 1.72 bits per heavy atom. The van der Waals surface area contributed by atoms with Gasteiger partial charge < -0.3 is 4.74 Å². The molecule has 6 nitrogen and oxygen atoms in total. The van der Waals surface area contributed by atoms with Gasteiger partial charge in [0.25, 0.3) is 0 Å². The summed E-state index contributed by atoms with van der Waals surface area (Å²) in [4.78, 5) is 24.4. The molecular formula is C17H16ClNO5S. The molecule has 0 fully saturated rings. The third kappa shape index (κ3) is 4.66. The van der Waals surface area contributed by atoms with Gasteiger partial charge in [-0.05, 0) is 56.4 Å². The Kier molecular flexibility index (Phi) is 5.94. The number of Topliss-reactive ketones (excluding diaryl/α,β-unsaturated/α-hetero) is 1. The van der Waals surface area contributed by atoms with Crippen molar-refractivity contribution in [1.82, 2.24) is 4.72 Å². The lowest BCUT2D eigenvalue weighted by atomic mass is 10.1. The number of carbonyl (C=O) groups is 2. The van der Waals surface area contributed by atoms with Gasteiger partial charge in [0.2, 0.25) is 15.8 Å². The van der Waals surface area contributed by atoms with Crippen LogP contribution in [0.4, 0.5) is 0 Å². The number of halogens is 1. The third-order valence-corrected chi connectivity index (χ3v) is 5.09. The van der Waals surface area contributed by atoms with Gasteiger partial charge in [0, 0.05) is 10.6 Å². The highest BCUT2D eigenvalue weighted by atomic mass is 35.5. The molecule has 1 atom stereocenters. The Morgan fingerprint density at radius 1 is 1.08 bits per heavy atom. The molecule has 0 unspecified atom stereocenters. The first-order valence-electron chi connectivity index (χ1n) is 7.29. The molecule has 8 heteroatoms. The topological polar surface area (TPSA) is 89.5 Å². The standard InChI is InChI=1S/C17H16ClNO5S/c1-11(16(20)12-6-8-14(18)9-7-12)24-17(21)13-4-3-5-15(10-13)25(22,23)19-2/h3-11,19H,1-2H3/t11-/m0/s1. The van der Waals surface area contributed by atoms with Gasteiger partial charge in [-0.15, -0.1) is 0 Å². The number of rotatable bonds is 6. The molecule has 0 spiro atoms. The van der Waals surface area contributed by atoms with E-state index in [0.29, 0.717) is 10.6 Å². The van der Waals surface area contributed by atoms with Crippen LogP contribution in [-0.4, -0.2) is 33.3 Å².